The number of aromatic nitrogens is 3. The molecule has 0 saturated carbocycles. The monoisotopic (exact) mass is 410 g/mol. The predicted octanol–water partition coefficient (Wildman–Crippen LogP) is 3.63. The molecule has 1 N–H and O–H groups in total. The number of carbonyl (C=O) groups is 1. The van der Waals surface area contributed by atoms with E-state index in [1.54, 1.807) is 0 Å². The van der Waals surface area contributed by atoms with Crippen molar-refractivity contribution in [3.05, 3.63) is 40.8 Å². The van der Waals surface area contributed by atoms with Crippen molar-refractivity contribution in [3.8, 4) is 18.2 Å². The number of nitrogens with one attached hydrogen (secondary N) is 1. The molecule has 11 heteroatoms. The molecule has 0 atom stereocenters. The van der Waals surface area contributed by atoms with Gasteiger partial charge >= 0.3 is 6.18 Å². The molecule has 2 aromatic heterocycles. The van der Waals surface area contributed by atoms with E-state index in [1.807, 2.05) is 0 Å². The second kappa shape index (κ2) is 7.59. The number of hydrogen-bond donors (Lipinski definition) is 1. The fourth-order valence-corrected chi connectivity index (χ4v) is 2.82. The molecular formula is C17H14ClF3N6O. The summed E-state index contributed by atoms with van der Waals surface area (Å²) in [6.07, 6.45) is 3.82. The van der Waals surface area contributed by atoms with Gasteiger partial charge in [0.25, 0.3) is 5.91 Å². The van der Waals surface area contributed by atoms with Crippen LogP contribution in [0, 0.1) is 12.3 Å². The maximum atomic E-state index is 13.6. The van der Waals surface area contributed by atoms with E-state index in [0.29, 0.717) is 23.9 Å². The first-order valence-corrected chi connectivity index (χ1v) is 8.57. The largest absolute Gasteiger partial charge is 0.434 e. The fraction of sp³-hybridized carbons (Fsp3) is 0.353. The summed E-state index contributed by atoms with van der Waals surface area (Å²) in [4.78, 5) is 16.2. The minimum absolute atomic E-state index is 0.0320. The number of halogens is 4. The average molecular weight is 411 g/mol. The van der Waals surface area contributed by atoms with Gasteiger partial charge in [0.15, 0.2) is 17.2 Å². The molecule has 0 spiro atoms. The highest BCUT2D eigenvalue weighted by Crippen LogP contribution is 2.36. The fourth-order valence-electron chi connectivity index (χ4n) is 2.62. The van der Waals surface area contributed by atoms with Crippen LogP contribution < -0.4 is 5.32 Å². The molecule has 0 saturated heterocycles. The van der Waals surface area contributed by atoms with Crippen molar-refractivity contribution in [2.75, 3.05) is 6.54 Å². The Morgan fingerprint density at radius 1 is 1.36 bits per heavy atom. The summed E-state index contributed by atoms with van der Waals surface area (Å²) in [5.74, 6) is 1.33. The molecule has 1 aliphatic rings. The van der Waals surface area contributed by atoms with Gasteiger partial charge in [0.05, 0.1) is 16.8 Å². The summed E-state index contributed by atoms with van der Waals surface area (Å²) in [5, 5.41) is 13.9. The van der Waals surface area contributed by atoms with E-state index < -0.39 is 29.0 Å². The van der Waals surface area contributed by atoms with E-state index in [1.165, 1.54) is 18.3 Å². The number of terminal acetylenes is 1. The molecule has 0 aromatic carbocycles. The molecule has 1 amide bonds. The molecular weight excluding hydrogens is 397 g/mol. The number of alkyl halides is 3. The van der Waals surface area contributed by atoms with Crippen molar-refractivity contribution in [3.63, 3.8) is 0 Å². The first kappa shape index (κ1) is 19.8. The molecule has 2 aromatic rings. The third-order valence-electron chi connectivity index (χ3n) is 4.09. The van der Waals surface area contributed by atoms with Crippen LogP contribution in [-0.4, -0.2) is 32.9 Å². The van der Waals surface area contributed by atoms with Crippen molar-refractivity contribution in [1.29, 1.82) is 0 Å². The zero-order valence-electron chi connectivity index (χ0n) is 14.4. The minimum Gasteiger partial charge on any atom is -0.352 e. The quantitative estimate of drug-likeness (QED) is 0.707. The zero-order chi connectivity index (χ0) is 20.4. The number of carbonyl (C=O) groups excluding carboxylic acids is 1. The Balaban J connectivity index is 1.78. The lowest BCUT2D eigenvalue weighted by Crippen LogP contribution is -2.30. The Labute approximate surface area is 163 Å². The van der Waals surface area contributed by atoms with Crippen LogP contribution >= 0.6 is 11.6 Å². The molecule has 3 rings (SSSR count). The van der Waals surface area contributed by atoms with Gasteiger partial charge in [0.2, 0.25) is 0 Å². The second-order valence-corrected chi connectivity index (χ2v) is 6.42. The van der Waals surface area contributed by atoms with Crippen molar-refractivity contribution in [2.45, 2.75) is 31.1 Å². The Kier molecular flexibility index (Phi) is 5.38. The SMILES string of the molecule is C#CCCC1(CCNC(=O)c2cnn(-c3ncccc3Cl)c2C(F)(F)F)N=N1. The smallest absolute Gasteiger partial charge is 0.352 e. The van der Waals surface area contributed by atoms with E-state index >= 15 is 0 Å². The minimum atomic E-state index is -4.85. The van der Waals surface area contributed by atoms with Crippen LogP contribution in [0.1, 0.15) is 35.3 Å². The van der Waals surface area contributed by atoms with Crippen molar-refractivity contribution in [2.24, 2.45) is 10.2 Å². The molecule has 0 aliphatic carbocycles. The van der Waals surface area contributed by atoms with Gasteiger partial charge in [-0.15, -0.1) is 12.3 Å². The van der Waals surface area contributed by atoms with E-state index in [9.17, 15) is 18.0 Å². The molecule has 0 unspecified atom stereocenters. The Hall–Kier alpha value is -2.93. The van der Waals surface area contributed by atoms with Gasteiger partial charge in [0, 0.05) is 32.0 Å². The van der Waals surface area contributed by atoms with Crippen LogP contribution in [0.4, 0.5) is 13.2 Å². The number of rotatable bonds is 7. The first-order valence-electron chi connectivity index (χ1n) is 8.19. The summed E-state index contributed by atoms with van der Waals surface area (Å²) < 4.78 is 41.4. The van der Waals surface area contributed by atoms with Gasteiger partial charge < -0.3 is 5.32 Å². The predicted molar refractivity (Wildman–Crippen MR) is 94.0 cm³/mol. The van der Waals surface area contributed by atoms with Gasteiger partial charge in [0.1, 0.15) is 0 Å². The van der Waals surface area contributed by atoms with E-state index in [-0.39, 0.29) is 17.4 Å². The second-order valence-electron chi connectivity index (χ2n) is 6.02. The van der Waals surface area contributed by atoms with Gasteiger partial charge in [-0.25, -0.2) is 9.67 Å². The lowest BCUT2D eigenvalue weighted by molar-refractivity contribution is -0.143. The molecule has 146 valence electrons. The van der Waals surface area contributed by atoms with E-state index in [2.05, 4.69) is 31.5 Å². The normalized spacial score (nSPS) is 14.5. The van der Waals surface area contributed by atoms with E-state index in [4.69, 9.17) is 18.0 Å². The van der Waals surface area contributed by atoms with Crippen LogP contribution in [0.3, 0.4) is 0 Å². The number of amides is 1. The van der Waals surface area contributed by atoms with Crippen molar-refractivity contribution in [1.82, 2.24) is 20.1 Å². The standard InChI is InChI=1S/C17H14ClF3N6O/c1-2-3-6-16(25-26-16)7-9-23-15(28)11-10-24-27(13(11)17(19,20)21)14-12(18)5-4-8-22-14/h1,4-5,8,10H,3,6-7,9H2,(H,23,28). The van der Waals surface area contributed by atoms with Crippen LogP contribution in [0.5, 0.6) is 0 Å². The van der Waals surface area contributed by atoms with Gasteiger partial charge in [-0.3, -0.25) is 4.79 Å². The van der Waals surface area contributed by atoms with Crippen LogP contribution in [0.15, 0.2) is 34.8 Å². The number of hydrogen-bond acceptors (Lipinski definition) is 5. The van der Waals surface area contributed by atoms with Gasteiger partial charge in [-0.05, 0) is 12.1 Å². The van der Waals surface area contributed by atoms with Crippen molar-refractivity contribution >= 4 is 17.5 Å². The third kappa shape index (κ3) is 4.14. The van der Waals surface area contributed by atoms with Gasteiger partial charge in [-0.2, -0.15) is 28.5 Å². The highest BCUT2D eigenvalue weighted by atomic mass is 35.5. The lowest BCUT2D eigenvalue weighted by atomic mass is 10.0. The average Bonchev–Trinajstić information content (AvgIpc) is 3.25. The summed E-state index contributed by atoms with van der Waals surface area (Å²) in [6, 6.07) is 2.85. The molecule has 0 bridgehead atoms. The molecule has 1 aliphatic heterocycles. The summed E-state index contributed by atoms with van der Waals surface area (Å²) in [5.41, 5.74) is -2.52. The first-order chi connectivity index (χ1) is 13.3. The number of pyridine rings is 1. The third-order valence-corrected chi connectivity index (χ3v) is 4.38. The maximum Gasteiger partial charge on any atom is 0.434 e. The molecule has 28 heavy (non-hydrogen) atoms. The topological polar surface area (TPSA) is 84.5 Å². The molecule has 7 nitrogen and oxygen atoms in total. The van der Waals surface area contributed by atoms with Crippen LogP contribution in [-0.2, 0) is 6.18 Å². The lowest BCUT2D eigenvalue weighted by Gasteiger charge is -2.13. The molecule has 0 fully saturated rings. The summed E-state index contributed by atoms with van der Waals surface area (Å²) >= 11 is 5.93. The summed E-state index contributed by atoms with van der Waals surface area (Å²) in [7, 11) is 0. The van der Waals surface area contributed by atoms with Crippen molar-refractivity contribution < 1.29 is 18.0 Å². The Bertz CT molecular complexity index is 957. The van der Waals surface area contributed by atoms with E-state index in [0.717, 1.165) is 6.20 Å². The Morgan fingerprint density at radius 3 is 2.71 bits per heavy atom. The zero-order valence-corrected chi connectivity index (χ0v) is 15.1. The summed E-state index contributed by atoms with van der Waals surface area (Å²) in [6.45, 7) is 0.0865. The molecule has 0 radical (unpaired) electrons. The highest BCUT2D eigenvalue weighted by molar-refractivity contribution is 6.32. The van der Waals surface area contributed by atoms with Gasteiger partial charge in [-0.1, -0.05) is 11.6 Å². The highest BCUT2D eigenvalue weighted by Gasteiger charge is 2.42. The maximum absolute atomic E-state index is 13.6. The Morgan fingerprint density at radius 2 is 2.11 bits per heavy atom. The van der Waals surface area contributed by atoms with Crippen LogP contribution in [0.25, 0.3) is 5.82 Å². The number of nitrogens with zero attached hydrogens (tertiary/aromatic N) is 5. The van der Waals surface area contributed by atoms with Crippen LogP contribution in [0.2, 0.25) is 5.02 Å². The molecule has 3 heterocycles.